The van der Waals surface area contributed by atoms with E-state index in [1.807, 2.05) is 23.7 Å². The van der Waals surface area contributed by atoms with E-state index in [0.29, 0.717) is 11.7 Å². The van der Waals surface area contributed by atoms with E-state index in [4.69, 9.17) is 11.6 Å². The fourth-order valence-corrected chi connectivity index (χ4v) is 3.52. The van der Waals surface area contributed by atoms with Gasteiger partial charge in [-0.25, -0.2) is 14.8 Å². The molecule has 8 heteroatoms. The van der Waals surface area contributed by atoms with Crippen LogP contribution in [0.1, 0.15) is 21.1 Å². The molecule has 0 amide bonds. The molecule has 0 aliphatic heterocycles. The quantitative estimate of drug-likeness (QED) is 0.730. The van der Waals surface area contributed by atoms with Crippen LogP contribution in [0.3, 0.4) is 0 Å². The number of nitrogens with zero attached hydrogens (tertiary/aromatic N) is 3. The number of rotatable bonds is 4. The van der Waals surface area contributed by atoms with Crippen molar-refractivity contribution >= 4 is 45.1 Å². The fraction of sp³-hybridized carbons (Fsp3) is 0.267. The number of hydrogen-bond acceptors (Lipinski definition) is 6. The predicted octanol–water partition coefficient (Wildman–Crippen LogP) is 3.39. The van der Waals surface area contributed by atoms with Crippen LogP contribution in [0.5, 0.6) is 0 Å². The van der Waals surface area contributed by atoms with Crippen molar-refractivity contribution in [2.24, 2.45) is 7.05 Å². The van der Waals surface area contributed by atoms with Crippen molar-refractivity contribution in [1.29, 1.82) is 0 Å². The minimum Gasteiger partial charge on any atom is -0.465 e. The first-order chi connectivity index (χ1) is 11.0. The minimum atomic E-state index is -0.487. The van der Waals surface area contributed by atoms with Gasteiger partial charge in [0.25, 0.3) is 0 Å². The number of ether oxygens (including phenoxy) is 1. The lowest BCUT2D eigenvalue weighted by Gasteiger charge is -2.04. The van der Waals surface area contributed by atoms with Crippen LogP contribution in [0.4, 0.5) is 5.13 Å². The van der Waals surface area contributed by atoms with Crippen molar-refractivity contribution in [3.05, 3.63) is 39.6 Å². The number of fused-ring (bicyclic) bond motifs is 1. The molecule has 0 fully saturated rings. The maximum Gasteiger partial charge on any atom is 0.351 e. The number of anilines is 1. The van der Waals surface area contributed by atoms with Crippen LogP contribution in [0, 0.1) is 6.92 Å². The topological polar surface area (TPSA) is 69.0 Å². The number of para-hydroxylation sites is 1. The zero-order valence-corrected chi connectivity index (χ0v) is 14.5. The van der Waals surface area contributed by atoms with Gasteiger partial charge >= 0.3 is 5.97 Å². The fourth-order valence-electron chi connectivity index (χ4n) is 2.42. The Morgan fingerprint density at radius 3 is 2.91 bits per heavy atom. The normalized spacial score (nSPS) is 11.0. The van der Waals surface area contributed by atoms with Crippen molar-refractivity contribution in [1.82, 2.24) is 14.5 Å². The van der Waals surface area contributed by atoms with E-state index in [2.05, 4.69) is 33.0 Å². The van der Waals surface area contributed by atoms with Crippen LogP contribution in [0.25, 0.3) is 11.0 Å². The molecule has 0 unspecified atom stereocenters. The first kappa shape index (κ1) is 15.8. The zero-order chi connectivity index (χ0) is 16.6. The number of imidazole rings is 1. The molecule has 0 bridgehead atoms. The summed E-state index contributed by atoms with van der Waals surface area (Å²) >= 11 is 7.12. The van der Waals surface area contributed by atoms with Gasteiger partial charge in [-0.05, 0) is 18.6 Å². The summed E-state index contributed by atoms with van der Waals surface area (Å²) in [6, 6.07) is 6.04. The second kappa shape index (κ2) is 6.17. The van der Waals surface area contributed by atoms with Gasteiger partial charge in [-0.1, -0.05) is 35.1 Å². The first-order valence-electron chi connectivity index (χ1n) is 6.90. The first-order valence-corrected chi connectivity index (χ1v) is 8.10. The lowest BCUT2D eigenvalue weighted by Crippen LogP contribution is -2.05. The smallest absolute Gasteiger partial charge is 0.351 e. The molecule has 23 heavy (non-hydrogen) atoms. The summed E-state index contributed by atoms with van der Waals surface area (Å²) in [7, 11) is 3.29. The monoisotopic (exact) mass is 350 g/mol. The number of aryl methyl sites for hydroxylation is 2. The maximum absolute atomic E-state index is 11.6. The second-order valence-electron chi connectivity index (χ2n) is 5.01. The van der Waals surface area contributed by atoms with Gasteiger partial charge in [0.15, 0.2) is 15.2 Å². The number of esters is 1. The van der Waals surface area contributed by atoms with Gasteiger partial charge in [-0.2, -0.15) is 0 Å². The molecule has 2 aromatic heterocycles. The Kier molecular flexibility index (Phi) is 4.23. The third kappa shape index (κ3) is 2.89. The standard InChI is InChI=1S/C15H15ClN4O2S/c1-8-5-4-6-9-11(8)20(2)10(18-9)7-17-15-19-13(16)12(23-15)14(21)22-3/h4-6H,7H2,1-3H3,(H,17,19). The molecular formula is C15H15ClN4O2S. The van der Waals surface area contributed by atoms with Crippen molar-refractivity contribution in [2.45, 2.75) is 13.5 Å². The number of thiazole rings is 1. The SMILES string of the molecule is COC(=O)c1sc(NCc2nc3cccc(C)c3n2C)nc1Cl. The van der Waals surface area contributed by atoms with Gasteiger partial charge in [0.1, 0.15) is 5.82 Å². The van der Waals surface area contributed by atoms with Crippen LogP contribution >= 0.6 is 22.9 Å². The summed E-state index contributed by atoms with van der Waals surface area (Å²) in [6.07, 6.45) is 0. The average Bonchev–Trinajstić information content (AvgIpc) is 3.06. The molecule has 120 valence electrons. The van der Waals surface area contributed by atoms with Crippen LogP contribution < -0.4 is 5.32 Å². The third-order valence-corrected chi connectivity index (χ3v) is 4.92. The van der Waals surface area contributed by atoms with Crippen molar-refractivity contribution in [2.75, 3.05) is 12.4 Å². The van der Waals surface area contributed by atoms with Crippen molar-refractivity contribution < 1.29 is 9.53 Å². The molecule has 0 radical (unpaired) electrons. The molecule has 0 atom stereocenters. The molecular weight excluding hydrogens is 336 g/mol. The lowest BCUT2D eigenvalue weighted by molar-refractivity contribution is 0.0606. The summed E-state index contributed by atoms with van der Waals surface area (Å²) in [5.74, 6) is 0.388. The van der Waals surface area contributed by atoms with Gasteiger partial charge < -0.3 is 14.6 Å². The third-order valence-electron chi connectivity index (χ3n) is 3.54. The highest BCUT2D eigenvalue weighted by Crippen LogP contribution is 2.28. The molecule has 3 aromatic rings. The number of nitrogens with one attached hydrogen (secondary N) is 1. The molecule has 1 aromatic carbocycles. The lowest BCUT2D eigenvalue weighted by atomic mass is 10.2. The summed E-state index contributed by atoms with van der Waals surface area (Å²) in [6.45, 7) is 2.54. The molecule has 0 aliphatic carbocycles. The van der Waals surface area contributed by atoms with E-state index in [1.54, 1.807) is 0 Å². The summed E-state index contributed by atoms with van der Waals surface area (Å²) in [5.41, 5.74) is 3.24. The van der Waals surface area contributed by atoms with E-state index in [1.165, 1.54) is 12.7 Å². The number of carbonyl (C=O) groups is 1. The summed E-state index contributed by atoms with van der Waals surface area (Å²) in [4.78, 5) is 20.6. The Morgan fingerprint density at radius 2 is 2.22 bits per heavy atom. The number of carbonyl (C=O) groups excluding carboxylic acids is 1. The average molecular weight is 351 g/mol. The predicted molar refractivity (Wildman–Crippen MR) is 91.2 cm³/mol. The number of halogens is 1. The highest BCUT2D eigenvalue weighted by atomic mass is 35.5. The number of hydrogen-bond donors (Lipinski definition) is 1. The minimum absolute atomic E-state index is 0.144. The van der Waals surface area contributed by atoms with Gasteiger partial charge in [0.2, 0.25) is 0 Å². The molecule has 3 rings (SSSR count). The highest BCUT2D eigenvalue weighted by molar-refractivity contribution is 7.18. The Morgan fingerprint density at radius 1 is 1.43 bits per heavy atom. The van der Waals surface area contributed by atoms with E-state index in [0.717, 1.165) is 28.2 Å². The van der Waals surface area contributed by atoms with E-state index in [-0.39, 0.29) is 10.0 Å². The number of methoxy groups -OCH3 is 1. The van der Waals surface area contributed by atoms with E-state index in [9.17, 15) is 4.79 Å². The molecule has 6 nitrogen and oxygen atoms in total. The van der Waals surface area contributed by atoms with Gasteiger partial charge in [-0.3, -0.25) is 0 Å². The highest BCUT2D eigenvalue weighted by Gasteiger charge is 2.17. The summed E-state index contributed by atoms with van der Waals surface area (Å²) in [5, 5.41) is 3.85. The number of benzene rings is 1. The van der Waals surface area contributed by atoms with Crippen molar-refractivity contribution in [3.8, 4) is 0 Å². The Bertz CT molecular complexity index is 887. The van der Waals surface area contributed by atoms with Crippen LogP contribution in [-0.2, 0) is 18.3 Å². The second-order valence-corrected chi connectivity index (χ2v) is 6.37. The summed E-state index contributed by atoms with van der Waals surface area (Å²) < 4.78 is 6.72. The Balaban J connectivity index is 1.83. The largest absolute Gasteiger partial charge is 0.465 e. The van der Waals surface area contributed by atoms with E-state index < -0.39 is 5.97 Å². The molecule has 0 aliphatic rings. The maximum atomic E-state index is 11.6. The Labute approximate surface area is 142 Å². The van der Waals surface area contributed by atoms with Gasteiger partial charge in [0, 0.05) is 7.05 Å². The van der Waals surface area contributed by atoms with Crippen LogP contribution in [0.2, 0.25) is 5.15 Å². The number of aromatic nitrogens is 3. The zero-order valence-electron chi connectivity index (χ0n) is 12.9. The molecule has 0 saturated heterocycles. The van der Waals surface area contributed by atoms with E-state index >= 15 is 0 Å². The molecule has 2 heterocycles. The molecule has 0 saturated carbocycles. The van der Waals surface area contributed by atoms with Crippen LogP contribution in [0.15, 0.2) is 18.2 Å². The molecule has 0 spiro atoms. The molecule has 1 N–H and O–H groups in total. The van der Waals surface area contributed by atoms with Gasteiger partial charge in [-0.15, -0.1) is 0 Å². The van der Waals surface area contributed by atoms with Gasteiger partial charge in [0.05, 0.1) is 24.7 Å². The van der Waals surface area contributed by atoms with Crippen LogP contribution in [-0.4, -0.2) is 27.6 Å². The van der Waals surface area contributed by atoms with Crippen molar-refractivity contribution in [3.63, 3.8) is 0 Å². The Hall–Kier alpha value is -2.12.